The minimum absolute atomic E-state index is 0.0107. The molecule has 3 N–H and O–H groups in total. The first kappa shape index (κ1) is 13.6. The Hall–Kier alpha value is -2.37. The van der Waals surface area contributed by atoms with E-state index in [2.05, 4.69) is 15.2 Å². The van der Waals surface area contributed by atoms with Gasteiger partial charge in [-0.25, -0.2) is 0 Å². The molecule has 0 bridgehead atoms. The summed E-state index contributed by atoms with van der Waals surface area (Å²) in [7, 11) is 0. The molecule has 0 spiro atoms. The van der Waals surface area contributed by atoms with Gasteiger partial charge >= 0.3 is 0 Å². The van der Waals surface area contributed by atoms with Crippen molar-refractivity contribution in [1.82, 2.24) is 20.1 Å². The number of amides is 1. The highest BCUT2D eigenvalue weighted by molar-refractivity contribution is 5.96. The molecule has 0 saturated carbocycles. The van der Waals surface area contributed by atoms with Gasteiger partial charge in [-0.15, -0.1) is 0 Å². The second-order valence-electron chi connectivity index (χ2n) is 5.50. The molecule has 0 aromatic carbocycles. The largest absolute Gasteiger partial charge is 0.397 e. The molecule has 0 radical (unpaired) electrons. The molecule has 21 heavy (non-hydrogen) atoms. The van der Waals surface area contributed by atoms with Crippen LogP contribution < -0.4 is 5.73 Å². The van der Waals surface area contributed by atoms with Gasteiger partial charge < -0.3 is 10.6 Å². The second kappa shape index (κ2) is 5.55. The van der Waals surface area contributed by atoms with E-state index in [0.717, 1.165) is 30.8 Å². The highest BCUT2D eigenvalue weighted by atomic mass is 16.2. The van der Waals surface area contributed by atoms with Gasteiger partial charge in [0.2, 0.25) is 0 Å². The molecule has 1 amide bonds. The number of aromatic nitrogens is 3. The highest BCUT2D eigenvalue weighted by Gasteiger charge is 2.27. The van der Waals surface area contributed by atoms with Crippen molar-refractivity contribution in [3.8, 4) is 0 Å². The van der Waals surface area contributed by atoms with Crippen LogP contribution in [0.5, 0.6) is 0 Å². The summed E-state index contributed by atoms with van der Waals surface area (Å²) in [5.74, 6) is 0.330. The Morgan fingerprint density at radius 2 is 2.38 bits per heavy atom. The Labute approximate surface area is 123 Å². The average molecular weight is 285 g/mol. The van der Waals surface area contributed by atoms with Gasteiger partial charge in [-0.3, -0.25) is 14.9 Å². The van der Waals surface area contributed by atoms with Gasteiger partial charge in [-0.1, -0.05) is 0 Å². The molecule has 1 saturated heterocycles. The Balaban J connectivity index is 1.79. The van der Waals surface area contributed by atoms with Crippen molar-refractivity contribution in [3.63, 3.8) is 0 Å². The Morgan fingerprint density at radius 3 is 3.14 bits per heavy atom. The van der Waals surface area contributed by atoms with Crippen LogP contribution in [0.4, 0.5) is 5.69 Å². The molecule has 6 heteroatoms. The molecule has 2 aromatic heterocycles. The number of carbonyl (C=O) groups is 1. The molecule has 1 unspecified atom stereocenters. The summed E-state index contributed by atoms with van der Waals surface area (Å²) >= 11 is 0. The number of nitrogens with zero attached hydrogens (tertiary/aromatic N) is 3. The normalized spacial score (nSPS) is 18.7. The Kier molecular flexibility index (Phi) is 3.60. The summed E-state index contributed by atoms with van der Waals surface area (Å²) in [6.07, 6.45) is 5.39. The average Bonchev–Trinajstić information content (AvgIpc) is 3.03. The van der Waals surface area contributed by atoms with Gasteiger partial charge in [0.15, 0.2) is 0 Å². The molecule has 1 fully saturated rings. The smallest absolute Gasteiger partial charge is 0.255 e. The van der Waals surface area contributed by atoms with Crippen molar-refractivity contribution in [2.24, 2.45) is 0 Å². The van der Waals surface area contributed by atoms with E-state index in [0.29, 0.717) is 23.7 Å². The minimum Gasteiger partial charge on any atom is -0.397 e. The van der Waals surface area contributed by atoms with Crippen LogP contribution in [0.3, 0.4) is 0 Å². The van der Waals surface area contributed by atoms with Gasteiger partial charge in [-0.05, 0) is 31.9 Å². The third-order valence-corrected chi connectivity index (χ3v) is 4.01. The fourth-order valence-electron chi connectivity index (χ4n) is 2.85. The number of piperidine rings is 1. The fourth-order valence-corrected chi connectivity index (χ4v) is 2.85. The molecule has 1 atom stereocenters. The van der Waals surface area contributed by atoms with Crippen LogP contribution in [0.2, 0.25) is 0 Å². The lowest BCUT2D eigenvalue weighted by molar-refractivity contribution is 0.0704. The number of nitrogens with two attached hydrogens (primary N) is 1. The van der Waals surface area contributed by atoms with Gasteiger partial charge in [0.05, 0.1) is 23.1 Å². The van der Waals surface area contributed by atoms with Crippen molar-refractivity contribution in [3.05, 3.63) is 41.5 Å². The van der Waals surface area contributed by atoms with Crippen LogP contribution >= 0.6 is 0 Å². The lowest BCUT2D eigenvalue weighted by Crippen LogP contribution is -2.39. The van der Waals surface area contributed by atoms with E-state index in [4.69, 9.17) is 5.73 Å². The van der Waals surface area contributed by atoms with Gasteiger partial charge in [0.25, 0.3) is 5.91 Å². The number of H-pyrrole nitrogens is 1. The summed E-state index contributed by atoms with van der Waals surface area (Å²) in [5, 5.41) is 7.00. The van der Waals surface area contributed by atoms with Crippen LogP contribution in [0.15, 0.2) is 24.5 Å². The number of anilines is 1. The molecule has 3 heterocycles. The van der Waals surface area contributed by atoms with Gasteiger partial charge in [0, 0.05) is 30.9 Å². The monoisotopic (exact) mass is 285 g/mol. The quantitative estimate of drug-likeness (QED) is 0.879. The van der Waals surface area contributed by atoms with Gasteiger partial charge in [-0.2, -0.15) is 5.10 Å². The number of aryl methyl sites for hydroxylation is 1. The molecule has 6 nitrogen and oxygen atoms in total. The standard InChI is InChI=1S/C15H19N5O/c1-10-13(7-12(16)8-17-10)15(21)20-6-2-3-11(9-20)14-4-5-18-19-14/h4-5,7-8,11H,2-3,6,9,16H2,1H3,(H,18,19). The molecular formula is C15H19N5O. The van der Waals surface area contributed by atoms with Crippen molar-refractivity contribution < 1.29 is 4.79 Å². The zero-order valence-corrected chi connectivity index (χ0v) is 12.0. The molecule has 1 aliphatic heterocycles. The summed E-state index contributed by atoms with van der Waals surface area (Å²) in [4.78, 5) is 18.8. The number of nitrogens with one attached hydrogen (secondary N) is 1. The predicted molar refractivity (Wildman–Crippen MR) is 79.9 cm³/mol. The van der Waals surface area contributed by atoms with E-state index in [1.165, 1.54) is 0 Å². The maximum atomic E-state index is 12.7. The maximum absolute atomic E-state index is 12.7. The van der Waals surface area contributed by atoms with Crippen LogP contribution in [0.1, 0.15) is 40.5 Å². The molecule has 3 rings (SSSR count). The van der Waals surface area contributed by atoms with Crippen LogP contribution in [-0.4, -0.2) is 39.1 Å². The first-order chi connectivity index (χ1) is 10.1. The third kappa shape index (κ3) is 2.74. The summed E-state index contributed by atoms with van der Waals surface area (Å²) < 4.78 is 0. The Bertz CT molecular complexity index is 638. The maximum Gasteiger partial charge on any atom is 0.255 e. The zero-order valence-electron chi connectivity index (χ0n) is 12.0. The zero-order chi connectivity index (χ0) is 14.8. The molecule has 1 aliphatic rings. The van der Waals surface area contributed by atoms with Crippen molar-refractivity contribution in [2.75, 3.05) is 18.8 Å². The summed E-state index contributed by atoms with van der Waals surface area (Å²) in [5.41, 5.74) is 8.68. The number of carbonyl (C=O) groups excluding carboxylic acids is 1. The van der Waals surface area contributed by atoms with E-state index < -0.39 is 0 Å². The fraction of sp³-hybridized carbons (Fsp3) is 0.400. The predicted octanol–water partition coefficient (Wildman–Crippen LogP) is 1.72. The van der Waals surface area contributed by atoms with Crippen LogP contribution in [0.25, 0.3) is 0 Å². The lowest BCUT2D eigenvalue weighted by Gasteiger charge is -2.32. The summed E-state index contributed by atoms with van der Waals surface area (Å²) in [6.45, 7) is 3.32. The van der Waals surface area contributed by atoms with E-state index in [1.807, 2.05) is 17.9 Å². The number of pyridine rings is 1. The SMILES string of the molecule is Cc1ncc(N)cc1C(=O)N1CCCC(c2ccn[nH]2)C1. The molecular weight excluding hydrogens is 266 g/mol. The van der Waals surface area contributed by atoms with E-state index in [9.17, 15) is 4.79 Å². The van der Waals surface area contributed by atoms with Crippen molar-refractivity contribution >= 4 is 11.6 Å². The first-order valence-corrected chi connectivity index (χ1v) is 7.16. The lowest BCUT2D eigenvalue weighted by atomic mass is 9.94. The first-order valence-electron chi connectivity index (χ1n) is 7.16. The molecule has 0 aliphatic carbocycles. The third-order valence-electron chi connectivity index (χ3n) is 4.01. The second-order valence-corrected chi connectivity index (χ2v) is 5.50. The number of hydrogen-bond donors (Lipinski definition) is 2. The number of nitrogen functional groups attached to an aromatic ring is 1. The van der Waals surface area contributed by atoms with Crippen molar-refractivity contribution in [2.45, 2.75) is 25.7 Å². The number of rotatable bonds is 2. The van der Waals surface area contributed by atoms with E-state index in [1.54, 1.807) is 18.5 Å². The molecule has 110 valence electrons. The van der Waals surface area contributed by atoms with Gasteiger partial charge in [0.1, 0.15) is 0 Å². The van der Waals surface area contributed by atoms with E-state index >= 15 is 0 Å². The van der Waals surface area contributed by atoms with E-state index in [-0.39, 0.29) is 5.91 Å². The van der Waals surface area contributed by atoms with Crippen LogP contribution in [0, 0.1) is 6.92 Å². The number of hydrogen-bond acceptors (Lipinski definition) is 4. The van der Waals surface area contributed by atoms with Crippen molar-refractivity contribution in [1.29, 1.82) is 0 Å². The summed E-state index contributed by atoms with van der Waals surface area (Å²) in [6, 6.07) is 3.69. The number of likely N-dealkylation sites (tertiary alicyclic amines) is 1. The Morgan fingerprint density at radius 1 is 1.52 bits per heavy atom. The highest BCUT2D eigenvalue weighted by Crippen LogP contribution is 2.26. The van der Waals surface area contributed by atoms with Crippen LogP contribution in [-0.2, 0) is 0 Å². The number of aromatic amines is 1. The molecule has 2 aromatic rings. The topological polar surface area (TPSA) is 87.9 Å². The minimum atomic E-state index is 0.0107.